The lowest BCUT2D eigenvalue weighted by molar-refractivity contribution is 0.0695. The van der Waals surface area contributed by atoms with E-state index in [1.165, 1.54) is 34.6 Å². The van der Waals surface area contributed by atoms with Gasteiger partial charge in [-0.25, -0.2) is 13.2 Å². The van der Waals surface area contributed by atoms with Crippen LogP contribution in [-0.2, 0) is 10.0 Å². The molecule has 0 fully saturated rings. The molecule has 27 heavy (non-hydrogen) atoms. The highest BCUT2D eigenvalue weighted by Gasteiger charge is 2.22. The van der Waals surface area contributed by atoms with Crippen LogP contribution in [0, 0.1) is 6.92 Å². The summed E-state index contributed by atoms with van der Waals surface area (Å²) in [5, 5.41) is 11.8. The standard InChI is InChI=1S/C19H22N2O5S/c1-4-21(5-2)27(25,26)16-8-6-7-14(11-16)18(22)20-15-10-9-13(3)17(12-15)19(23)24/h6-12H,4-5H2,1-3H3,(H,20,22)(H,23,24). The highest BCUT2D eigenvalue weighted by molar-refractivity contribution is 7.89. The number of hydrogen-bond acceptors (Lipinski definition) is 4. The number of hydrogen-bond donors (Lipinski definition) is 2. The SMILES string of the molecule is CCN(CC)S(=O)(=O)c1cccc(C(=O)Nc2ccc(C)c(C(=O)O)c2)c1. The van der Waals surface area contributed by atoms with Gasteiger partial charge in [0.15, 0.2) is 0 Å². The number of carbonyl (C=O) groups excluding carboxylic acids is 1. The zero-order chi connectivity index (χ0) is 20.2. The second-order valence-electron chi connectivity index (χ2n) is 5.91. The molecule has 2 aromatic carbocycles. The average Bonchev–Trinajstić information content (AvgIpc) is 2.64. The van der Waals surface area contributed by atoms with Crippen molar-refractivity contribution in [1.82, 2.24) is 4.31 Å². The Morgan fingerprint density at radius 2 is 1.74 bits per heavy atom. The van der Waals surface area contributed by atoms with E-state index in [0.29, 0.717) is 24.3 Å². The molecule has 0 unspecified atom stereocenters. The molecule has 0 heterocycles. The maximum atomic E-state index is 12.6. The van der Waals surface area contributed by atoms with Crippen LogP contribution >= 0.6 is 0 Å². The predicted octanol–water partition coefficient (Wildman–Crippen LogP) is 2.98. The van der Waals surface area contributed by atoms with Crippen molar-refractivity contribution in [2.45, 2.75) is 25.7 Å². The van der Waals surface area contributed by atoms with Gasteiger partial charge in [-0.1, -0.05) is 26.0 Å². The number of benzene rings is 2. The summed E-state index contributed by atoms with van der Waals surface area (Å²) in [6.45, 7) is 5.81. The molecule has 0 bridgehead atoms. The Balaban J connectivity index is 2.31. The van der Waals surface area contributed by atoms with Gasteiger partial charge < -0.3 is 10.4 Å². The van der Waals surface area contributed by atoms with Crippen molar-refractivity contribution in [1.29, 1.82) is 0 Å². The van der Waals surface area contributed by atoms with Crippen LogP contribution in [0.15, 0.2) is 47.4 Å². The molecule has 0 radical (unpaired) electrons. The number of carboxylic acids is 1. The fourth-order valence-electron chi connectivity index (χ4n) is 2.64. The van der Waals surface area contributed by atoms with Crippen molar-refractivity contribution in [2.75, 3.05) is 18.4 Å². The lowest BCUT2D eigenvalue weighted by Gasteiger charge is -2.18. The highest BCUT2D eigenvalue weighted by atomic mass is 32.2. The summed E-state index contributed by atoms with van der Waals surface area (Å²) in [5.41, 5.74) is 1.15. The molecule has 0 atom stereocenters. The Morgan fingerprint density at radius 3 is 2.33 bits per heavy atom. The number of rotatable bonds is 7. The molecular formula is C19H22N2O5S. The van der Waals surface area contributed by atoms with Crippen LogP contribution in [0.2, 0.25) is 0 Å². The molecule has 8 heteroatoms. The van der Waals surface area contributed by atoms with Crippen molar-refractivity contribution in [2.24, 2.45) is 0 Å². The number of amides is 1. The first kappa shape index (κ1) is 20.6. The van der Waals surface area contributed by atoms with Crippen molar-refractivity contribution in [3.8, 4) is 0 Å². The molecule has 2 rings (SSSR count). The molecule has 0 spiro atoms. The molecule has 0 aliphatic rings. The van der Waals surface area contributed by atoms with E-state index in [9.17, 15) is 23.1 Å². The van der Waals surface area contributed by atoms with E-state index in [0.717, 1.165) is 0 Å². The van der Waals surface area contributed by atoms with Gasteiger partial charge in [-0.15, -0.1) is 0 Å². The molecule has 0 aromatic heterocycles. The van der Waals surface area contributed by atoms with Gasteiger partial charge >= 0.3 is 5.97 Å². The van der Waals surface area contributed by atoms with Crippen LogP contribution in [0.5, 0.6) is 0 Å². The molecule has 0 saturated heterocycles. The second kappa shape index (κ2) is 8.32. The summed E-state index contributed by atoms with van der Waals surface area (Å²) in [6, 6.07) is 10.3. The first-order valence-electron chi connectivity index (χ1n) is 8.46. The van der Waals surface area contributed by atoms with E-state index in [1.807, 2.05) is 0 Å². The molecular weight excluding hydrogens is 368 g/mol. The average molecular weight is 390 g/mol. The third-order valence-corrected chi connectivity index (χ3v) is 6.21. The van der Waals surface area contributed by atoms with Gasteiger partial charge in [-0.2, -0.15) is 4.31 Å². The van der Waals surface area contributed by atoms with Crippen LogP contribution in [0.1, 0.15) is 40.1 Å². The van der Waals surface area contributed by atoms with Gasteiger partial charge in [0.25, 0.3) is 5.91 Å². The van der Waals surface area contributed by atoms with Gasteiger partial charge in [0.05, 0.1) is 10.5 Å². The molecule has 1 amide bonds. The van der Waals surface area contributed by atoms with Crippen molar-refractivity contribution >= 4 is 27.6 Å². The summed E-state index contributed by atoms with van der Waals surface area (Å²) in [7, 11) is -3.68. The first-order valence-corrected chi connectivity index (χ1v) is 9.90. The normalized spacial score (nSPS) is 11.4. The minimum atomic E-state index is -3.68. The van der Waals surface area contributed by atoms with Crippen LogP contribution in [-0.4, -0.2) is 42.8 Å². The smallest absolute Gasteiger partial charge is 0.336 e. The number of anilines is 1. The maximum Gasteiger partial charge on any atom is 0.336 e. The van der Waals surface area contributed by atoms with Crippen molar-refractivity contribution in [3.63, 3.8) is 0 Å². The van der Waals surface area contributed by atoms with Crippen LogP contribution in [0.3, 0.4) is 0 Å². The quantitative estimate of drug-likeness (QED) is 0.756. The van der Waals surface area contributed by atoms with Gasteiger partial charge in [-0.3, -0.25) is 4.79 Å². The third kappa shape index (κ3) is 4.53. The van der Waals surface area contributed by atoms with Crippen LogP contribution in [0.25, 0.3) is 0 Å². The number of nitrogens with zero attached hydrogens (tertiary/aromatic N) is 1. The van der Waals surface area contributed by atoms with E-state index < -0.39 is 21.9 Å². The summed E-state index contributed by atoms with van der Waals surface area (Å²) in [6.07, 6.45) is 0. The number of sulfonamides is 1. The largest absolute Gasteiger partial charge is 0.478 e. The minimum Gasteiger partial charge on any atom is -0.478 e. The van der Waals surface area contributed by atoms with E-state index in [-0.39, 0.29) is 16.0 Å². The highest BCUT2D eigenvalue weighted by Crippen LogP contribution is 2.19. The summed E-state index contributed by atoms with van der Waals surface area (Å²) < 4.78 is 26.5. The fourth-order valence-corrected chi connectivity index (χ4v) is 4.15. The minimum absolute atomic E-state index is 0.0361. The Hall–Kier alpha value is -2.71. The van der Waals surface area contributed by atoms with Gasteiger partial charge in [0, 0.05) is 24.3 Å². The molecule has 2 N–H and O–H groups in total. The number of aromatic carboxylic acids is 1. The Kier molecular flexibility index (Phi) is 6.35. The van der Waals surface area contributed by atoms with Gasteiger partial charge in [-0.05, 0) is 42.8 Å². The predicted molar refractivity (Wildman–Crippen MR) is 103 cm³/mol. The topological polar surface area (TPSA) is 104 Å². The van der Waals surface area contributed by atoms with E-state index in [2.05, 4.69) is 5.32 Å². The van der Waals surface area contributed by atoms with Gasteiger partial charge in [0.2, 0.25) is 10.0 Å². The van der Waals surface area contributed by atoms with E-state index in [4.69, 9.17) is 0 Å². The van der Waals surface area contributed by atoms with Crippen LogP contribution < -0.4 is 5.32 Å². The lowest BCUT2D eigenvalue weighted by Crippen LogP contribution is -2.30. The first-order chi connectivity index (χ1) is 12.7. The van der Waals surface area contributed by atoms with Crippen LogP contribution in [0.4, 0.5) is 5.69 Å². The van der Waals surface area contributed by atoms with E-state index in [1.54, 1.807) is 32.9 Å². The van der Waals surface area contributed by atoms with Gasteiger partial charge in [0.1, 0.15) is 0 Å². The third-order valence-electron chi connectivity index (χ3n) is 4.17. The molecule has 2 aromatic rings. The lowest BCUT2D eigenvalue weighted by atomic mass is 10.1. The number of carboxylic acid groups (broad SMARTS) is 1. The Labute approximate surface area is 158 Å². The zero-order valence-corrected chi connectivity index (χ0v) is 16.2. The Bertz CT molecular complexity index is 966. The molecule has 0 aliphatic heterocycles. The van der Waals surface area contributed by atoms with Crippen molar-refractivity contribution in [3.05, 3.63) is 59.2 Å². The number of nitrogens with one attached hydrogen (secondary N) is 1. The molecule has 0 aliphatic carbocycles. The maximum absolute atomic E-state index is 12.6. The van der Waals surface area contributed by atoms with E-state index >= 15 is 0 Å². The van der Waals surface area contributed by atoms with Crippen molar-refractivity contribution < 1.29 is 23.1 Å². The summed E-state index contributed by atoms with van der Waals surface area (Å²) in [4.78, 5) is 23.8. The number of aryl methyl sites for hydroxylation is 1. The number of carbonyl (C=O) groups is 2. The monoisotopic (exact) mass is 390 g/mol. The summed E-state index contributed by atoms with van der Waals surface area (Å²) in [5.74, 6) is -1.61. The molecule has 0 saturated carbocycles. The summed E-state index contributed by atoms with van der Waals surface area (Å²) >= 11 is 0. The molecule has 7 nitrogen and oxygen atoms in total. The molecule has 144 valence electrons. The fraction of sp³-hybridized carbons (Fsp3) is 0.263. The Morgan fingerprint density at radius 1 is 1.07 bits per heavy atom. The second-order valence-corrected chi connectivity index (χ2v) is 7.84. The zero-order valence-electron chi connectivity index (χ0n) is 15.4.